The van der Waals surface area contributed by atoms with Crippen LogP contribution in [0.2, 0.25) is 0 Å². The Labute approximate surface area is 168 Å². The number of aryl methyl sites for hydroxylation is 1. The number of benzene rings is 1. The first kappa shape index (κ1) is 19.3. The fourth-order valence-electron chi connectivity index (χ4n) is 3.88. The van der Waals surface area contributed by atoms with E-state index < -0.39 is 6.09 Å². The second-order valence-corrected chi connectivity index (χ2v) is 8.66. The molecular weight excluding hydrogens is 370 g/mol. The van der Waals surface area contributed by atoms with Crippen LogP contribution in [-0.2, 0) is 11.8 Å². The maximum atomic E-state index is 12.3. The van der Waals surface area contributed by atoms with Crippen molar-refractivity contribution >= 4 is 33.8 Å². The first-order chi connectivity index (χ1) is 13.7. The van der Waals surface area contributed by atoms with E-state index in [-0.39, 0.29) is 17.3 Å². The molecule has 3 aromatic rings. The summed E-state index contributed by atoms with van der Waals surface area (Å²) < 4.78 is 7.22. The summed E-state index contributed by atoms with van der Waals surface area (Å²) in [5.74, 6) is 0. The number of carbonyl (C=O) groups is 1. The molecule has 8 nitrogen and oxygen atoms in total. The summed E-state index contributed by atoms with van der Waals surface area (Å²) in [6.45, 7) is 7.16. The second-order valence-electron chi connectivity index (χ2n) is 8.66. The van der Waals surface area contributed by atoms with Gasteiger partial charge >= 0.3 is 11.8 Å². The Morgan fingerprint density at radius 2 is 2.07 bits per heavy atom. The lowest BCUT2D eigenvalue weighted by molar-refractivity contribution is 0.0827. The minimum Gasteiger partial charge on any atom is -0.444 e. The lowest BCUT2D eigenvalue weighted by atomic mass is 10.0. The fourth-order valence-corrected chi connectivity index (χ4v) is 3.88. The van der Waals surface area contributed by atoms with Gasteiger partial charge in [-0.1, -0.05) is 18.2 Å². The van der Waals surface area contributed by atoms with Gasteiger partial charge in [0.2, 0.25) is 0 Å². The largest absolute Gasteiger partial charge is 0.444 e. The summed E-state index contributed by atoms with van der Waals surface area (Å²) in [4.78, 5) is 34.3. The second kappa shape index (κ2) is 7.09. The number of nitrogens with one attached hydrogen (secondary N) is 2. The maximum Gasteiger partial charge on any atom is 0.407 e. The van der Waals surface area contributed by atoms with Gasteiger partial charge in [0.05, 0.1) is 17.7 Å². The topological polar surface area (TPSA) is 92.3 Å². The number of carbonyl (C=O) groups excluding carboxylic acids is 1. The number of ether oxygens (including phenoxy) is 1. The summed E-state index contributed by atoms with van der Waals surface area (Å²) in [6, 6.07) is 7.87. The standard InChI is InChI=1S/C21H27N5O3/c1-21(2,3)24-20(28)29-13-8-7-11-26(12-13)17-14-9-5-6-10-15(14)22-18-16(17)23-19(27)25(18)4/h5-6,9-10,13H,7-8,11-12H2,1-4H3,(H,23,27)(H,24,28). The summed E-state index contributed by atoms with van der Waals surface area (Å²) in [5.41, 5.74) is 2.57. The van der Waals surface area contributed by atoms with Crippen LogP contribution in [0.3, 0.4) is 0 Å². The molecule has 4 rings (SSSR count). The van der Waals surface area contributed by atoms with E-state index in [0.29, 0.717) is 12.2 Å². The zero-order valence-electron chi connectivity index (χ0n) is 17.3. The molecule has 0 aliphatic carbocycles. The van der Waals surface area contributed by atoms with Crippen LogP contribution in [0.25, 0.3) is 22.1 Å². The third kappa shape index (κ3) is 3.79. The molecule has 8 heteroatoms. The van der Waals surface area contributed by atoms with Crippen LogP contribution < -0.4 is 15.9 Å². The number of piperidine rings is 1. The summed E-state index contributed by atoms with van der Waals surface area (Å²) in [7, 11) is 1.71. The van der Waals surface area contributed by atoms with Crippen LogP contribution in [-0.4, -0.2) is 45.4 Å². The molecule has 2 N–H and O–H groups in total. The Kier molecular flexibility index (Phi) is 4.72. The molecule has 0 bridgehead atoms. The van der Waals surface area contributed by atoms with E-state index in [1.807, 2.05) is 45.0 Å². The van der Waals surface area contributed by atoms with Crippen molar-refractivity contribution in [3.05, 3.63) is 34.7 Å². The van der Waals surface area contributed by atoms with Crippen LogP contribution >= 0.6 is 0 Å². The zero-order chi connectivity index (χ0) is 20.8. The molecule has 1 aromatic carbocycles. The van der Waals surface area contributed by atoms with Gasteiger partial charge in [0, 0.05) is 24.5 Å². The van der Waals surface area contributed by atoms with Crippen LogP contribution in [0.1, 0.15) is 33.6 Å². The van der Waals surface area contributed by atoms with Gasteiger partial charge < -0.3 is 19.9 Å². The molecule has 0 spiro atoms. The molecule has 1 aliphatic rings. The van der Waals surface area contributed by atoms with Crippen molar-refractivity contribution in [2.24, 2.45) is 7.05 Å². The Morgan fingerprint density at radius 3 is 2.83 bits per heavy atom. The first-order valence-electron chi connectivity index (χ1n) is 9.94. The predicted molar refractivity (Wildman–Crippen MR) is 113 cm³/mol. The number of hydrogen-bond donors (Lipinski definition) is 2. The van der Waals surface area contributed by atoms with Gasteiger partial charge in [-0.2, -0.15) is 0 Å². The maximum absolute atomic E-state index is 12.3. The molecule has 1 aliphatic heterocycles. The van der Waals surface area contributed by atoms with Crippen LogP contribution in [0.4, 0.5) is 10.5 Å². The average Bonchev–Trinajstić information content (AvgIpc) is 2.92. The van der Waals surface area contributed by atoms with Crippen molar-refractivity contribution < 1.29 is 9.53 Å². The van der Waals surface area contributed by atoms with E-state index in [1.54, 1.807) is 7.05 Å². The highest BCUT2D eigenvalue weighted by molar-refractivity contribution is 6.05. The van der Waals surface area contributed by atoms with Gasteiger partial charge in [0.15, 0.2) is 5.65 Å². The number of aromatic nitrogens is 3. The number of nitrogens with zero attached hydrogens (tertiary/aromatic N) is 3. The van der Waals surface area contributed by atoms with Gasteiger partial charge in [-0.25, -0.2) is 14.6 Å². The third-order valence-corrected chi connectivity index (χ3v) is 5.15. The van der Waals surface area contributed by atoms with E-state index in [4.69, 9.17) is 4.74 Å². The molecule has 1 saturated heterocycles. The minimum absolute atomic E-state index is 0.196. The van der Waals surface area contributed by atoms with E-state index >= 15 is 0 Å². The summed E-state index contributed by atoms with van der Waals surface area (Å²) in [6.07, 6.45) is 1.08. The summed E-state index contributed by atoms with van der Waals surface area (Å²) in [5, 5.41) is 3.82. The number of imidazole rings is 1. The smallest absolute Gasteiger partial charge is 0.407 e. The molecule has 0 radical (unpaired) electrons. The Balaban J connectivity index is 1.70. The van der Waals surface area contributed by atoms with Crippen molar-refractivity contribution in [3.8, 4) is 0 Å². The predicted octanol–water partition coefficient (Wildman–Crippen LogP) is 2.91. The number of alkyl carbamates (subject to hydrolysis) is 1. The third-order valence-electron chi connectivity index (χ3n) is 5.15. The molecule has 1 unspecified atom stereocenters. The van der Waals surface area contributed by atoms with Crippen LogP contribution in [0, 0.1) is 0 Å². The molecule has 0 saturated carbocycles. The number of rotatable bonds is 2. The highest BCUT2D eigenvalue weighted by Gasteiger charge is 2.28. The lowest BCUT2D eigenvalue weighted by Crippen LogP contribution is -2.46. The molecule has 1 amide bonds. The average molecular weight is 397 g/mol. The van der Waals surface area contributed by atoms with Gasteiger partial charge in [-0.3, -0.25) is 4.57 Å². The normalized spacial score (nSPS) is 17.7. The van der Waals surface area contributed by atoms with Gasteiger partial charge in [0.25, 0.3) is 0 Å². The van der Waals surface area contributed by atoms with E-state index in [1.165, 1.54) is 4.57 Å². The molecule has 1 atom stereocenters. The molecule has 1 fully saturated rings. The highest BCUT2D eigenvalue weighted by atomic mass is 16.6. The van der Waals surface area contributed by atoms with Crippen molar-refractivity contribution in [1.82, 2.24) is 19.9 Å². The molecule has 29 heavy (non-hydrogen) atoms. The van der Waals surface area contributed by atoms with E-state index in [0.717, 1.165) is 41.5 Å². The number of para-hydroxylation sites is 1. The fraction of sp³-hybridized carbons (Fsp3) is 0.476. The van der Waals surface area contributed by atoms with Gasteiger partial charge in [-0.15, -0.1) is 0 Å². The lowest BCUT2D eigenvalue weighted by Gasteiger charge is -2.35. The van der Waals surface area contributed by atoms with Gasteiger partial charge in [-0.05, 0) is 39.7 Å². The number of amides is 1. The van der Waals surface area contributed by atoms with Crippen LogP contribution in [0.5, 0.6) is 0 Å². The number of aromatic amines is 1. The Bertz CT molecular complexity index is 1120. The number of anilines is 1. The zero-order valence-corrected chi connectivity index (χ0v) is 17.3. The quantitative estimate of drug-likeness (QED) is 0.694. The molecule has 2 aromatic heterocycles. The minimum atomic E-state index is -0.401. The SMILES string of the molecule is Cn1c(=O)[nH]c2c(N3CCCC(OC(=O)NC(C)(C)C)C3)c3ccccc3nc21. The Hall–Kier alpha value is -3.03. The summed E-state index contributed by atoms with van der Waals surface area (Å²) >= 11 is 0. The molecule has 154 valence electrons. The number of fused-ring (bicyclic) bond motifs is 2. The van der Waals surface area contributed by atoms with Crippen molar-refractivity contribution in [3.63, 3.8) is 0 Å². The first-order valence-corrected chi connectivity index (χ1v) is 9.94. The van der Waals surface area contributed by atoms with E-state index in [9.17, 15) is 9.59 Å². The van der Waals surface area contributed by atoms with Crippen molar-refractivity contribution in [2.45, 2.75) is 45.3 Å². The molecular formula is C21H27N5O3. The Morgan fingerprint density at radius 1 is 1.31 bits per heavy atom. The van der Waals surface area contributed by atoms with E-state index in [2.05, 4.69) is 20.2 Å². The number of pyridine rings is 1. The molecule has 3 heterocycles. The number of hydrogen-bond acceptors (Lipinski definition) is 5. The van der Waals surface area contributed by atoms with Crippen molar-refractivity contribution in [2.75, 3.05) is 18.0 Å². The van der Waals surface area contributed by atoms with Crippen molar-refractivity contribution in [1.29, 1.82) is 0 Å². The van der Waals surface area contributed by atoms with Crippen LogP contribution in [0.15, 0.2) is 29.1 Å². The van der Waals surface area contributed by atoms with Gasteiger partial charge in [0.1, 0.15) is 11.6 Å². The highest BCUT2D eigenvalue weighted by Crippen LogP contribution is 2.34. The number of H-pyrrole nitrogens is 1. The monoisotopic (exact) mass is 397 g/mol.